The van der Waals surface area contributed by atoms with E-state index in [-0.39, 0.29) is 18.7 Å². The van der Waals surface area contributed by atoms with Gasteiger partial charge in [0.2, 0.25) is 0 Å². The molecule has 1 aliphatic carbocycles. The molecular weight excluding hydrogens is 269 g/mol. The van der Waals surface area contributed by atoms with Crippen molar-refractivity contribution in [1.82, 2.24) is 10.2 Å². The lowest BCUT2D eigenvalue weighted by molar-refractivity contribution is -0.151. The average Bonchev–Trinajstić information content (AvgIpc) is 2.71. The van der Waals surface area contributed by atoms with Gasteiger partial charge in [0, 0.05) is 17.6 Å². The third-order valence-corrected chi connectivity index (χ3v) is 3.89. The van der Waals surface area contributed by atoms with Crippen molar-refractivity contribution < 1.29 is 18.3 Å². The monoisotopic (exact) mass is 296 g/mol. The van der Waals surface area contributed by atoms with Gasteiger partial charge in [0.1, 0.15) is 0 Å². The molecule has 1 saturated carbocycles. The van der Waals surface area contributed by atoms with Gasteiger partial charge in [-0.3, -0.25) is 4.90 Å². The van der Waals surface area contributed by atoms with Crippen molar-refractivity contribution in [3.63, 3.8) is 0 Å². The number of aliphatic hydroxyl groups excluding tert-OH is 1. The van der Waals surface area contributed by atoms with Crippen molar-refractivity contribution in [2.24, 2.45) is 0 Å². The molecule has 0 saturated heterocycles. The topological polar surface area (TPSA) is 35.5 Å². The first kappa shape index (κ1) is 17.7. The van der Waals surface area contributed by atoms with Gasteiger partial charge in [-0.15, -0.1) is 0 Å². The first-order valence-electron chi connectivity index (χ1n) is 7.41. The van der Waals surface area contributed by atoms with Crippen LogP contribution in [0.15, 0.2) is 0 Å². The molecule has 2 atom stereocenters. The fourth-order valence-electron chi connectivity index (χ4n) is 3.25. The lowest BCUT2D eigenvalue weighted by Crippen LogP contribution is -2.51. The summed E-state index contributed by atoms with van der Waals surface area (Å²) in [7, 11) is 0. The summed E-state index contributed by atoms with van der Waals surface area (Å²) in [6.45, 7) is 5.45. The van der Waals surface area contributed by atoms with Crippen LogP contribution in [0, 0.1) is 0 Å². The Balaban J connectivity index is 2.70. The maximum Gasteiger partial charge on any atom is 0.401 e. The van der Waals surface area contributed by atoms with Gasteiger partial charge in [-0.2, -0.15) is 13.2 Å². The van der Waals surface area contributed by atoms with Crippen LogP contribution < -0.4 is 5.32 Å². The molecule has 1 aliphatic rings. The molecule has 0 spiro atoms. The van der Waals surface area contributed by atoms with Gasteiger partial charge in [-0.25, -0.2) is 0 Å². The molecule has 0 aliphatic heterocycles. The third kappa shape index (κ3) is 5.22. The van der Waals surface area contributed by atoms with Gasteiger partial charge in [-0.05, 0) is 32.2 Å². The first-order chi connectivity index (χ1) is 9.21. The summed E-state index contributed by atoms with van der Waals surface area (Å²) in [4.78, 5) is 1.53. The van der Waals surface area contributed by atoms with E-state index in [1.165, 1.54) is 4.90 Å². The third-order valence-electron chi connectivity index (χ3n) is 3.89. The quantitative estimate of drug-likeness (QED) is 0.758. The molecule has 120 valence electrons. The van der Waals surface area contributed by atoms with Crippen molar-refractivity contribution in [3.8, 4) is 0 Å². The molecular formula is C14H27F3N2O. The number of nitrogens with zero attached hydrogens (tertiary/aromatic N) is 1. The summed E-state index contributed by atoms with van der Waals surface area (Å²) in [5.74, 6) is 0. The molecule has 1 rings (SSSR count). The predicted molar refractivity (Wildman–Crippen MR) is 73.6 cm³/mol. The number of nitrogens with one attached hydrogen (secondary N) is 1. The van der Waals surface area contributed by atoms with Crippen molar-refractivity contribution in [1.29, 1.82) is 0 Å². The first-order valence-corrected chi connectivity index (χ1v) is 7.41. The Labute approximate surface area is 119 Å². The Bertz CT molecular complexity index is 297. The Morgan fingerprint density at radius 1 is 1.40 bits per heavy atom. The van der Waals surface area contributed by atoms with E-state index in [0.29, 0.717) is 25.8 Å². The van der Waals surface area contributed by atoms with Gasteiger partial charge < -0.3 is 10.4 Å². The molecule has 0 aromatic rings. The summed E-state index contributed by atoms with van der Waals surface area (Å²) in [5.41, 5.74) is -0.420. The standard InChI is InChI=1S/C14H27F3N2O/c1-4-7-19(9-14(15,16)17)12-5-6-13(8-12,10-20)18-11(2)3/h11-12,18,20H,4-10H2,1-3H3. The second kappa shape index (κ2) is 7.09. The zero-order valence-corrected chi connectivity index (χ0v) is 12.6. The molecule has 0 aromatic heterocycles. The maximum absolute atomic E-state index is 12.7. The van der Waals surface area contributed by atoms with Crippen LogP contribution in [0.3, 0.4) is 0 Å². The highest BCUT2D eigenvalue weighted by Gasteiger charge is 2.43. The van der Waals surface area contributed by atoms with Crippen molar-refractivity contribution >= 4 is 0 Å². The lowest BCUT2D eigenvalue weighted by Gasteiger charge is -2.34. The predicted octanol–water partition coefficient (Wildman–Crippen LogP) is 2.54. The Kier molecular flexibility index (Phi) is 6.28. The van der Waals surface area contributed by atoms with Crippen LogP contribution in [-0.4, -0.2) is 53.5 Å². The molecule has 0 bridgehead atoms. The highest BCUT2D eigenvalue weighted by molar-refractivity contribution is 5.00. The van der Waals surface area contributed by atoms with E-state index in [9.17, 15) is 18.3 Å². The van der Waals surface area contributed by atoms with Crippen molar-refractivity contribution in [3.05, 3.63) is 0 Å². The molecule has 3 nitrogen and oxygen atoms in total. The number of hydrogen-bond acceptors (Lipinski definition) is 3. The lowest BCUT2D eigenvalue weighted by atomic mass is 9.97. The average molecular weight is 296 g/mol. The van der Waals surface area contributed by atoms with Crippen LogP contribution in [0.4, 0.5) is 13.2 Å². The largest absolute Gasteiger partial charge is 0.401 e. The minimum atomic E-state index is -4.16. The maximum atomic E-state index is 12.7. The van der Waals surface area contributed by atoms with Crippen molar-refractivity contribution in [2.45, 2.75) is 70.3 Å². The van der Waals surface area contributed by atoms with E-state index >= 15 is 0 Å². The van der Waals surface area contributed by atoms with E-state index in [4.69, 9.17) is 0 Å². The van der Waals surface area contributed by atoms with Crippen molar-refractivity contribution in [2.75, 3.05) is 19.7 Å². The number of rotatable bonds is 7. The van der Waals surface area contributed by atoms with E-state index in [1.807, 2.05) is 20.8 Å². The Morgan fingerprint density at radius 2 is 2.05 bits per heavy atom. The molecule has 6 heteroatoms. The Morgan fingerprint density at radius 3 is 2.50 bits per heavy atom. The zero-order valence-electron chi connectivity index (χ0n) is 12.6. The van der Waals surface area contributed by atoms with Gasteiger partial charge >= 0.3 is 6.18 Å². The minimum absolute atomic E-state index is 0.0202. The smallest absolute Gasteiger partial charge is 0.394 e. The highest BCUT2D eigenvalue weighted by atomic mass is 19.4. The highest BCUT2D eigenvalue weighted by Crippen LogP contribution is 2.34. The van der Waals surface area contributed by atoms with E-state index in [1.54, 1.807) is 0 Å². The molecule has 0 aromatic carbocycles. The van der Waals surface area contributed by atoms with Gasteiger partial charge in [0.05, 0.1) is 13.2 Å². The molecule has 2 N–H and O–H groups in total. The summed E-state index contributed by atoms with van der Waals surface area (Å²) in [6, 6.07) is 0.109. The van der Waals surface area contributed by atoms with Gasteiger partial charge in [0.25, 0.3) is 0 Å². The SMILES string of the molecule is CCCN(CC(F)(F)F)C1CCC(CO)(NC(C)C)C1. The van der Waals surface area contributed by atoms with Crippen LogP contribution >= 0.6 is 0 Å². The van der Waals surface area contributed by atoms with Gasteiger partial charge in [0.15, 0.2) is 0 Å². The molecule has 0 heterocycles. The summed E-state index contributed by atoms with van der Waals surface area (Å²) in [6.07, 6.45) is -1.44. The number of alkyl halides is 3. The molecule has 1 fully saturated rings. The zero-order chi connectivity index (χ0) is 15.4. The number of hydrogen-bond donors (Lipinski definition) is 2. The molecule has 20 heavy (non-hydrogen) atoms. The van der Waals surface area contributed by atoms with E-state index in [2.05, 4.69) is 5.32 Å². The van der Waals surface area contributed by atoms with Crippen LogP contribution in [-0.2, 0) is 0 Å². The normalized spacial score (nSPS) is 27.8. The van der Waals surface area contributed by atoms with E-state index < -0.39 is 18.3 Å². The molecule has 2 unspecified atom stereocenters. The van der Waals surface area contributed by atoms with Crippen LogP contribution in [0.5, 0.6) is 0 Å². The second-order valence-corrected chi connectivity index (χ2v) is 6.22. The number of halogens is 3. The Hall–Kier alpha value is -0.330. The fraction of sp³-hybridized carbons (Fsp3) is 1.00. The van der Waals surface area contributed by atoms with Crippen LogP contribution in [0.25, 0.3) is 0 Å². The summed E-state index contributed by atoms with van der Waals surface area (Å²) in [5, 5.41) is 13.0. The number of aliphatic hydroxyl groups is 1. The summed E-state index contributed by atoms with van der Waals surface area (Å²) < 4.78 is 38.0. The minimum Gasteiger partial charge on any atom is -0.394 e. The van der Waals surface area contributed by atoms with Crippen LogP contribution in [0.1, 0.15) is 46.5 Å². The summed E-state index contributed by atoms with van der Waals surface area (Å²) >= 11 is 0. The van der Waals surface area contributed by atoms with Crippen LogP contribution in [0.2, 0.25) is 0 Å². The fourth-order valence-corrected chi connectivity index (χ4v) is 3.25. The van der Waals surface area contributed by atoms with Gasteiger partial charge in [-0.1, -0.05) is 20.8 Å². The second-order valence-electron chi connectivity index (χ2n) is 6.22. The molecule has 0 radical (unpaired) electrons. The van der Waals surface area contributed by atoms with E-state index in [0.717, 1.165) is 6.42 Å². The molecule has 0 amide bonds.